The summed E-state index contributed by atoms with van der Waals surface area (Å²) in [4.78, 5) is 0. The highest BCUT2D eigenvalue weighted by Crippen LogP contribution is 2.14. The molecule has 0 aliphatic heterocycles. The van der Waals surface area contributed by atoms with Gasteiger partial charge in [-0.1, -0.05) is 19.9 Å². The number of furan rings is 1. The third kappa shape index (κ3) is 4.63. The number of hydrogen-bond donors (Lipinski definition) is 1. The molecule has 0 bridgehead atoms. The highest BCUT2D eigenvalue weighted by atomic mass is 79.9. The van der Waals surface area contributed by atoms with E-state index in [1.807, 2.05) is 18.2 Å². The second-order valence-electron chi connectivity index (χ2n) is 3.60. The van der Waals surface area contributed by atoms with Gasteiger partial charge in [0, 0.05) is 6.54 Å². The summed E-state index contributed by atoms with van der Waals surface area (Å²) in [7, 11) is 0. The first-order valence-corrected chi connectivity index (χ1v) is 5.60. The lowest BCUT2D eigenvalue weighted by Gasteiger charge is -2.03. The zero-order chi connectivity index (χ0) is 10.4. The van der Waals surface area contributed by atoms with Crippen LogP contribution in [0.3, 0.4) is 0 Å². The summed E-state index contributed by atoms with van der Waals surface area (Å²) in [5, 5.41) is 3.32. The van der Waals surface area contributed by atoms with Gasteiger partial charge in [0.25, 0.3) is 0 Å². The second kappa shape index (κ2) is 6.04. The lowest BCUT2D eigenvalue weighted by Crippen LogP contribution is -2.19. The Morgan fingerprint density at radius 3 is 2.86 bits per heavy atom. The fourth-order valence-corrected chi connectivity index (χ4v) is 1.37. The van der Waals surface area contributed by atoms with Crippen molar-refractivity contribution in [1.82, 2.24) is 5.32 Å². The van der Waals surface area contributed by atoms with E-state index in [1.54, 1.807) is 0 Å². The van der Waals surface area contributed by atoms with E-state index in [1.165, 1.54) is 0 Å². The summed E-state index contributed by atoms with van der Waals surface area (Å²) in [5.41, 5.74) is 0. The van der Waals surface area contributed by atoms with Crippen LogP contribution in [0.15, 0.2) is 27.3 Å². The van der Waals surface area contributed by atoms with Gasteiger partial charge in [-0.05, 0) is 46.6 Å². The molecule has 3 heteroatoms. The zero-order valence-electron chi connectivity index (χ0n) is 8.59. The quantitative estimate of drug-likeness (QED) is 0.820. The molecule has 1 rings (SSSR count). The van der Waals surface area contributed by atoms with Gasteiger partial charge in [0.2, 0.25) is 0 Å². The van der Waals surface area contributed by atoms with Gasteiger partial charge in [-0.3, -0.25) is 0 Å². The number of hydrogen-bond acceptors (Lipinski definition) is 2. The van der Waals surface area contributed by atoms with E-state index in [0.29, 0.717) is 5.92 Å². The minimum atomic E-state index is 0.696. The molecule has 0 amide bonds. The van der Waals surface area contributed by atoms with E-state index in [9.17, 15) is 0 Å². The topological polar surface area (TPSA) is 25.2 Å². The molecule has 14 heavy (non-hydrogen) atoms. The van der Waals surface area contributed by atoms with E-state index in [4.69, 9.17) is 4.42 Å². The molecule has 0 unspecified atom stereocenters. The fourth-order valence-electron chi connectivity index (χ4n) is 1.05. The van der Waals surface area contributed by atoms with E-state index in [2.05, 4.69) is 41.2 Å². The Bertz CT molecular complexity index is 291. The Labute approximate surface area is 93.5 Å². The van der Waals surface area contributed by atoms with Crippen molar-refractivity contribution in [3.05, 3.63) is 28.6 Å². The van der Waals surface area contributed by atoms with Crippen LogP contribution in [0.5, 0.6) is 0 Å². The molecule has 0 fully saturated rings. The average molecular weight is 258 g/mol. The van der Waals surface area contributed by atoms with Gasteiger partial charge in [0.1, 0.15) is 5.76 Å². The summed E-state index contributed by atoms with van der Waals surface area (Å²) >= 11 is 3.26. The number of nitrogens with one attached hydrogen (secondary N) is 1. The molecular weight excluding hydrogens is 242 g/mol. The van der Waals surface area contributed by atoms with E-state index < -0.39 is 0 Å². The molecule has 0 saturated heterocycles. The van der Waals surface area contributed by atoms with Gasteiger partial charge in [-0.2, -0.15) is 0 Å². The van der Waals surface area contributed by atoms with Crippen LogP contribution in [0.4, 0.5) is 0 Å². The van der Waals surface area contributed by atoms with Crippen LogP contribution in [0.2, 0.25) is 0 Å². The van der Waals surface area contributed by atoms with Gasteiger partial charge in [0.05, 0.1) is 0 Å². The lowest BCUT2D eigenvalue weighted by atomic mass is 10.2. The third-order valence-corrected chi connectivity index (χ3v) is 2.12. The van der Waals surface area contributed by atoms with Gasteiger partial charge in [-0.15, -0.1) is 0 Å². The van der Waals surface area contributed by atoms with Crippen LogP contribution in [0.25, 0.3) is 6.08 Å². The second-order valence-corrected chi connectivity index (χ2v) is 4.38. The molecule has 0 atom stereocenters. The predicted octanol–water partition coefficient (Wildman–Crippen LogP) is 3.30. The minimum absolute atomic E-state index is 0.696. The fraction of sp³-hybridized carbons (Fsp3) is 0.455. The maximum atomic E-state index is 5.31. The molecule has 0 spiro atoms. The first-order chi connectivity index (χ1) is 6.68. The Morgan fingerprint density at radius 2 is 2.29 bits per heavy atom. The monoisotopic (exact) mass is 257 g/mol. The van der Waals surface area contributed by atoms with Gasteiger partial charge in [0.15, 0.2) is 4.67 Å². The molecule has 1 aromatic rings. The largest absolute Gasteiger partial charge is 0.450 e. The van der Waals surface area contributed by atoms with Crippen molar-refractivity contribution in [1.29, 1.82) is 0 Å². The molecule has 0 aliphatic carbocycles. The van der Waals surface area contributed by atoms with Crippen LogP contribution < -0.4 is 5.32 Å². The van der Waals surface area contributed by atoms with Crippen molar-refractivity contribution in [2.75, 3.05) is 13.1 Å². The normalized spacial score (nSPS) is 11.7. The summed E-state index contributed by atoms with van der Waals surface area (Å²) in [6.07, 6.45) is 4.03. The summed E-state index contributed by atoms with van der Waals surface area (Å²) in [6, 6.07) is 3.82. The molecule has 1 aromatic heterocycles. The van der Waals surface area contributed by atoms with Crippen molar-refractivity contribution in [3.63, 3.8) is 0 Å². The van der Waals surface area contributed by atoms with Crippen molar-refractivity contribution in [2.24, 2.45) is 5.92 Å². The molecule has 0 aromatic carbocycles. The van der Waals surface area contributed by atoms with Crippen molar-refractivity contribution in [3.8, 4) is 0 Å². The van der Waals surface area contributed by atoms with Crippen LogP contribution in [0.1, 0.15) is 19.6 Å². The maximum Gasteiger partial charge on any atom is 0.169 e. The Hall–Kier alpha value is -0.540. The SMILES string of the molecule is CC(C)CNCC=Cc1ccc(Br)o1. The van der Waals surface area contributed by atoms with Crippen molar-refractivity contribution >= 4 is 22.0 Å². The van der Waals surface area contributed by atoms with Crippen molar-refractivity contribution < 1.29 is 4.42 Å². The number of halogens is 1. The number of rotatable bonds is 5. The van der Waals surface area contributed by atoms with Crippen LogP contribution in [0, 0.1) is 5.92 Å². The van der Waals surface area contributed by atoms with E-state index in [0.717, 1.165) is 23.5 Å². The molecule has 2 nitrogen and oxygen atoms in total. The summed E-state index contributed by atoms with van der Waals surface area (Å²) in [6.45, 7) is 6.32. The molecule has 0 saturated carbocycles. The van der Waals surface area contributed by atoms with Crippen LogP contribution in [-0.4, -0.2) is 13.1 Å². The molecule has 1 heterocycles. The third-order valence-electron chi connectivity index (χ3n) is 1.69. The highest BCUT2D eigenvalue weighted by molar-refractivity contribution is 9.10. The Morgan fingerprint density at radius 1 is 1.50 bits per heavy atom. The van der Waals surface area contributed by atoms with Crippen LogP contribution in [-0.2, 0) is 0 Å². The van der Waals surface area contributed by atoms with E-state index >= 15 is 0 Å². The average Bonchev–Trinajstić information content (AvgIpc) is 2.50. The summed E-state index contributed by atoms with van der Waals surface area (Å²) in [5.74, 6) is 1.57. The standard InChI is InChI=1S/C11H16BrNO/c1-9(2)8-13-7-3-4-10-5-6-11(12)14-10/h3-6,9,13H,7-8H2,1-2H3. The highest BCUT2D eigenvalue weighted by Gasteiger charge is 1.93. The molecule has 78 valence electrons. The van der Waals surface area contributed by atoms with Gasteiger partial charge in [-0.25, -0.2) is 0 Å². The smallest absolute Gasteiger partial charge is 0.169 e. The minimum Gasteiger partial charge on any atom is -0.450 e. The van der Waals surface area contributed by atoms with Gasteiger partial charge < -0.3 is 9.73 Å². The molecule has 0 radical (unpaired) electrons. The van der Waals surface area contributed by atoms with Gasteiger partial charge >= 0.3 is 0 Å². The molecule has 0 aliphatic rings. The predicted molar refractivity (Wildman–Crippen MR) is 63.1 cm³/mol. The Kier molecular flexibility index (Phi) is 4.98. The van der Waals surface area contributed by atoms with Crippen LogP contribution >= 0.6 is 15.9 Å². The zero-order valence-corrected chi connectivity index (χ0v) is 10.2. The molecule has 1 N–H and O–H groups in total. The first-order valence-electron chi connectivity index (χ1n) is 4.81. The summed E-state index contributed by atoms with van der Waals surface area (Å²) < 4.78 is 6.08. The van der Waals surface area contributed by atoms with E-state index in [-0.39, 0.29) is 0 Å². The Balaban J connectivity index is 2.21. The molecular formula is C11H16BrNO. The maximum absolute atomic E-state index is 5.31. The first kappa shape index (κ1) is 11.5. The van der Waals surface area contributed by atoms with Crippen molar-refractivity contribution in [2.45, 2.75) is 13.8 Å². The lowest BCUT2D eigenvalue weighted by molar-refractivity contribution is 0.531.